The van der Waals surface area contributed by atoms with E-state index in [0.29, 0.717) is 6.61 Å². The molecule has 2 unspecified atom stereocenters. The maximum Gasteiger partial charge on any atom is 0.123 e. The molecule has 14 heavy (non-hydrogen) atoms. The smallest absolute Gasteiger partial charge is 0.123 e. The maximum absolute atomic E-state index is 10.0. The third kappa shape index (κ3) is 2.34. The molecule has 3 nitrogen and oxygen atoms in total. The first-order chi connectivity index (χ1) is 6.77. The van der Waals surface area contributed by atoms with E-state index in [1.54, 1.807) is 0 Å². The minimum absolute atomic E-state index is 0.210. The summed E-state index contributed by atoms with van der Waals surface area (Å²) in [6.45, 7) is 1.48. The molecule has 0 saturated carbocycles. The van der Waals surface area contributed by atoms with Gasteiger partial charge in [0.15, 0.2) is 0 Å². The molecule has 0 amide bonds. The predicted molar refractivity (Wildman–Crippen MR) is 58.3 cm³/mol. The zero-order chi connectivity index (χ0) is 9.97. The van der Waals surface area contributed by atoms with Crippen molar-refractivity contribution in [2.45, 2.75) is 18.9 Å². The second-order valence-corrected chi connectivity index (χ2v) is 5.13. The summed E-state index contributed by atoms with van der Waals surface area (Å²) < 4.78 is 6.14. The molecule has 1 aromatic rings. The fourth-order valence-corrected chi connectivity index (χ4v) is 2.96. The van der Waals surface area contributed by atoms with E-state index in [1.807, 2.05) is 5.38 Å². The van der Waals surface area contributed by atoms with Gasteiger partial charge in [0.1, 0.15) is 15.7 Å². The Bertz CT molecular complexity index is 299. The molecule has 0 bridgehead atoms. The van der Waals surface area contributed by atoms with Crippen molar-refractivity contribution >= 4 is 27.3 Å². The van der Waals surface area contributed by atoms with Gasteiger partial charge in [-0.3, -0.25) is 0 Å². The first kappa shape index (κ1) is 10.5. The SMILES string of the molecule is OC(c1nc(Br)cs1)C1CCCOC1. The molecule has 2 heterocycles. The summed E-state index contributed by atoms with van der Waals surface area (Å²) in [6.07, 6.45) is 1.60. The topological polar surface area (TPSA) is 42.4 Å². The number of aliphatic hydroxyl groups excluding tert-OH is 1. The highest BCUT2D eigenvalue weighted by Gasteiger charge is 2.25. The van der Waals surface area contributed by atoms with E-state index < -0.39 is 6.10 Å². The van der Waals surface area contributed by atoms with Crippen LogP contribution < -0.4 is 0 Å². The molecule has 0 aliphatic carbocycles. The zero-order valence-electron chi connectivity index (χ0n) is 7.65. The van der Waals surface area contributed by atoms with Crippen molar-refractivity contribution in [1.29, 1.82) is 0 Å². The number of halogens is 1. The quantitative estimate of drug-likeness (QED) is 0.903. The van der Waals surface area contributed by atoms with Gasteiger partial charge in [-0.2, -0.15) is 0 Å². The highest BCUT2D eigenvalue weighted by molar-refractivity contribution is 9.10. The van der Waals surface area contributed by atoms with Crippen molar-refractivity contribution in [3.63, 3.8) is 0 Å². The van der Waals surface area contributed by atoms with Gasteiger partial charge in [-0.05, 0) is 28.8 Å². The molecule has 1 aliphatic rings. The van der Waals surface area contributed by atoms with E-state index >= 15 is 0 Å². The van der Waals surface area contributed by atoms with Gasteiger partial charge >= 0.3 is 0 Å². The van der Waals surface area contributed by atoms with E-state index in [9.17, 15) is 5.11 Å². The third-order valence-electron chi connectivity index (χ3n) is 2.39. The number of ether oxygens (including phenoxy) is 1. The first-order valence-corrected chi connectivity index (χ1v) is 6.31. The average Bonchev–Trinajstić information content (AvgIpc) is 2.65. The highest BCUT2D eigenvalue weighted by atomic mass is 79.9. The fourth-order valence-electron chi connectivity index (χ4n) is 1.62. The fraction of sp³-hybridized carbons (Fsp3) is 0.667. The number of thiazole rings is 1. The molecular formula is C9H12BrNO2S. The second-order valence-electron chi connectivity index (χ2n) is 3.43. The van der Waals surface area contributed by atoms with E-state index in [4.69, 9.17) is 4.74 Å². The van der Waals surface area contributed by atoms with Crippen LogP contribution in [0.1, 0.15) is 24.0 Å². The summed E-state index contributed by atoms with van der Waals surface area (Å²) in [7, 11) is 0. The molecule has 1 aromatic heterocycles. The minimum Gasteiger partial charge on any atom is -0.386 e. The van der Waals surface area contributed by atoms with Crippen LogP contribution in [0.3, 0.4) is 0 Å². The van der Waals surface area contributed by atoms with Crippen molar-refractivity contribution < 1.29 is 9.84 Å². The zero-order valence-corrected chi connectivity index (χ0v) is 10.1. The number of nitrogens with zero attached hydrogens (tertiary/aromatic N) is 1. The number of hydrogen-bond donors (Lipinski definition) is 1. The van der Waals surface area contributed by atoms with Crippen LogP contribution in [0.2, 0.25) is 0 Å². The summed E-state index contributed by atoms with van der Waals surface area (Å²) in [5.74, 6) is 0.210. The van der Waals surface area contributed by atoms with Crippen LogP contribution in [0.5, 0.6) is 0 Å². The van der Waals surface area contributed by atoms with E-state index in [-0.39, 0.29) is 5.92 Å². The van der Waals surface area contributed by atoms with E-state index in [2.05, 4.69) is 20.9 Å². The Kier molecular flexibility index (Phi) is 3.54. The number of rotatable bonds is 2. The van der Waals surface area contributed by atoms with Gasteiger partial charge in [0, 0.05) is 17.9 Å². The molecule has 2 rings (SSSR count). The third-order valence-corrected chi connectivity index (χ3v) is 4.01. The lowest BCUT2D eigenvalue weighted by Gasteiger charge is -2.25. The van der Waals surface area contributed by atoms with Crippen LogP contribution in [0.4, 0.5) is 0 Å². The van der Waals surface area contributed by atoms with Crippen LogP contribution >= 0.6 is 27.3 Å². The van der Waals surface area contributed by atoms with Crippen LogP contribution in [0.15, 0.2) is 9.98 Å². The minimum atomic E-state index is -0.466. The van der Waals surface area contributed by atoms with Gasteiger partial charge < -0.3 is 9.84 Å². The van der Waals surface area contributed by atoms with Crippen LogP contribution in [-0.2, 0) is 4.74 Å². The molecule has 1 aliphatic heterocycles. The summed E-state index contributed by atoms with van der Waals surface area (Å²) >= 11 is 4.77. The Labute approximate surface area is 95.3 Å². The Hall–Kier alpha value is 0.0300. The highest BCUT2D eigenvalue weighted by Crippen LogP contribution is 2.31. The maximum atomic E-state index is 10.0. The van der Waals surface area contributed by atoms with E-state index in [0.717, 1.165) is 29.1 Å². The summed E-state index contributed by atoms with van der Waals surface area (Å²) in [5.41, 5.74) is 0. The molecule has 2 atom stereocenters. The summed E-state index contributed by atoms with van der Waals surface area (Å²) in [6, 6.07) is 0. The molecular weight excluding hydrogens is 266 g/mol. The standard InChI is InChI=1S/C9H12BrNO2S/c10-7-5-14-9(11-7)8(12)6-2-1-3-13-4-6/h5-6,8,12H,1-4H2. The van der Waals surface area contributed by atoms with Crippen molar-refractivity contribution in [3.05, 3.63) is 15.0 Å². The van der Waals surface area contributed by atoms with E-state index in [1.165, 1.54) is 11.3 Å². The summed E-state index contributed by atoms with van der Waals surface area (Å²) in [4.78, 5) is 4.22. The lowest BCUT2D eigenvalue weighted by Crippen LogP contribution is -2.23. The van der Waals surface area contributed by atoms with Gasteiger partial charge in [0.25, 0.3) is 0 Å². The number of aliphatic hydroxyl groups is 1. The lowest BCUT2D eigenvalue weighted by atomic mass is 9.96. The first-order valence-electron chi connectivity index (χ1n) is 4.64. The van der Waals surface area contributed by atoms with Gasteiger partial charge in [0.2, 0.25) is 0 Å². The Morgan fingerprint density at radius 1 is 1.71 bits per heavy atom. The lowest BCUT2D eigenvalue weighted by molar-refractivity contribution is -0.0101. The average molecular weight is 278 g/mol. The van der Waals surface area contributed by atoms with Crippen molar-refractivity contribution in [1.82, 2.24) is 4.98 Å². The molecule has 78 valence electrons. The Morgan fingerprint density at radius 2 is 2.57 bits per heavy atom. The van der Waals surface area contributed by atoms with Crippen molar-refractivity contribution in [2.24, 2.45) is 5.92 Å². The molecule has 5 heteroatoms. The Balaban J connectivity index is 2.03. The molecule has 1 fully saturated rings. The van der Waals surface area contributed by atoms with Crippen LogP contribution in [0, 0.1) is 5.92 Å². The number of hydrogen-bond acceptors (Lipinski definition) is 4. The predicted octanol–water partition coefficient (Wildman–Crippen LogP) is 2.37. The van der Waals surface area contributed by atoms with Gasteiger partial charge in [0.05, 0.1) is 6.61 Å². The van der Waals surface area contributed by atoms with Crippen molar-refractivity contribution in [2.75, 3.05) is 13.2 Å². The summed E-state index contributed by atoms with van der Waals surface area (Å²) in [5, 5.41) is 12.7. The molecule has 0 aromatic carbocycles. The molecule has 0 spiro atoms. The van der Waals surface area contributed by atoms with Gasteiger partial charge in [-0.1, -0.05) is 0 Å². The number of aromatic nitrogens is 1. The largest absolute Gasteiger partial charge is 0.386 e. The molecule has 1 saturated heterocycles. The van der Waals surface area contributed by atoms with Gasteiger partial charge in [-0.25, -0.2) is 4.98 Å². The van der Waals surface area contributed by atoms with Gasteiger partial charge in [-0.15, -0.1) is 11.3 Å². The second kappa shape index (κ2) is 4.70. The Morgan fingerprint density at radius 3 is 3.14 bits per heavy atom. The monoisotopic (exact) mass is 277 g/mol. The molecule has 1 N–H and O–H groups in total. The normalized spacial score (nSPS) is 24.9. The van der Waals surface area contributed by atoms with Crippen molar-refractivity contribution in [3.8, 4) is 0 Å². The molecule has 0 radical (unpaired) electrons. The van der Waals surface area contributed by atoms with Crippen LogP contribution in [-0.4, -0.2) is 23.3 Å². The van der Waals surface area contributed by atoms with Crippen LogP contribution in [0.25, 0.3) is 0 Å².